The second-order valence-corrected chi connectivity index (χ2v) is 5.62. The monoisotopic (exact) mass is 165 g/mol. The third-order valence-corrected chi connectivity index (χ3v) is 4.40. The summed E-state index contributed by atoms with van der Waals surface area (Å²) in [5.74, 6) is 3.01. The first kappa shape index (κ1) is 7.37. The molecule has 4 atom stereocenters. The third-order valence-electron chi connectivity index (χ3n) is 4.40. The van der Waals surface area contributed by atoms with E-state index >= 15 is 0 Å². The van der Waals surface area contributed by atoms with E-state index in [1.807, 2.05) is 0 Å². The Labute approximate surface area is 74.7 Å². The van der Waals surface area contributed by atoms with Crippen molar-refractivity contribution in [3.05, 3.63) is 0 Å². The molecule has 4 fully saturated rings. The van der Waals surface area contributed by atoms with E-state index in [1.165, 1.54) is 44.9 Å². The molecule has 0 radical (unpaired) electrons. The van der Waals surface area contributed by atoms with Crippen LogP contribution in [0.4, 0.5) is 0 Å². The van der Waals surface area contributed by atoms with E-state index in [0.717, 1.165) is 17.8 Å². The minimum absolute atomic E-state index is 0.285. The molecule has 0 aromatic heterocycles. The van der Waals surface area contributed by atoms with Crippen LogP contribution in [0.2, 0.25) is 0 Å². The lowest BCUT2D eigenvalue weighted by molar-refractivity contribution is 0.104. The average Bonchev–Trinajstić information content (AvgIpc) is 2.14. The highest BCUT2D eigenvalue weighted by Gasteiger charge is 2.46. The molecule has 0 saturated heterocycles. The first-order valence-electron chi connectivity index (χ1n) is 5.52. The number of rotatable bonds is 0. The summed E-state index contributed by atoms with van der Waals surface area (Å²) in [6.07, 6.45) is 10.0. The summed E-state index contributed by atoms with van der Waals surface area (Å²) in [6.45, 7) is 0. The molecule has 0 aromatic rings. The lowest BCUT2D eigenvalue weighted by atomic mass is 9.64. The zero-order chi connectivity index (χ0) is 8.18. The molecule has 4 rings (SSSR count). The molecule has 4 bridgehead atoms. The van der Waals surface area contributed by atoms with Crippen molar-refractivity contribution in [3.63, 3.8) is 0 Å². The van der Waals surface area contributed by atoms with E-state index in [9.17, 15) is 0 Å². The van der Waals surface area contributed by atoms with Gasteiger partial charge in [0.2, 0.25) is 0 Å². The minimum atomic E-state index is 0.285. The topological polar surface area (TPSA) is 26.0 Å². The summed E-state index contributed by atoms with van der Waals surface area (Å²) in [7, 11) is 0. The van der Waals surface area contributed by atoms with E-state index < -0.39 is 0 Å². The van der Waals surface area contributed by atoms with Gasteiger partial charge >= 0.3 is 0 Å². The number of hydrogen-bond donors (Lipinski definition) is 1. The maximum Gasteiger partial charge on any atom is 0.0162 e. The van der Waals surface area contributed by atoms with Gasteiger partial charge in [-0.3, -0.25) is 0 Å². The van der Waals surface area contributed by atoms with Gasteiger partial charge in [0.15, 0.2) is 0 Å². The molecule has 0 spiro atoms. The van der Waals surface area contributed by atoms with Crippen LogP contribution in [0.3, 0.4) is 0 Å². The van der Waals surface area contributed by atoms with Gasteiger partial charge < -0.3 is 5.73 Å². The molecule has 4 saturated carbocycles. The Kier molecular flexibility index (Phi) is 1.39. The molecule has 4 aliphatic carbocycles. The lowest BCUT2D eigenvalue weighted by Crippen LogP contribution is -2.50. The first-order chi connectivity index (χ1) is 5.73. The van der Waals surface area contributed by atoms with E-state index in [0.29, 0.717) is 0 Å². The van der Waals surface area contributed by atoms with E-state index in [-0.39, 0.29) is 5.54 Å². The van der Waals surface area contributed by atoms with Gasteiger partial charge in [-0.15, -0.1) is 0 Å². The molecular formula is C11H19N. The molecule has 0 aliphatic heterocycles. The summed E-state index contributed by atoms with van der Waals surface area (Å²) < 4.78 is 0. The quantitative estimate of drug-likeness (QED) is 0.585. The van der Waals surface area contributed by atoms with Crippen LogP contribution in [0, 0.1) is 17.8 Å². The van der Waals surface area contributed by atoms with Gasteiger partial charge in [-0.2, -0.15) is 0 Å². The maximum atomic E-state index is 6.42. The fourth-order valence-corrected chi connectivity index (χ4v) is 4.26. The van der Waals surface area contributed by atoms with Crippen molar-refractivity contribution in [2.45, 2.75) is 50.5 Å². The molecule has 0 aromatic carbocycles. The van der Waals surface area contributed by atoms with Crippen molar-refractivity contribution in [1.29, 1.82) is 0 Å². The fraction of sp³-hybridized carbons (Fsp3) is 1.00. The summed E-state index contributed by atoms with van der Waals surface area (Å²) in [4.78, 5) is 0. The summed E-state index contributed by atoms with van der Waals surface area (Å²) in [5, 5.41) is 0. The van der Waals surface area contributed by atoms with E-state index in [4.69, 9.17) is 5.73 Å². The van der Waals surface area contributed by atoms with Gasteiger partial charge in [-0.05, 0) is 49.9 Å². The molecule has 2 N–H and O–H groups in total. The van der Waals surface area contributed by atoms with Crippen LogP contribution in [0.25, 0.3) is 0 Å². The Morgan fingerprint density at radius 3 is 1.83 bits per heavy atom. The molecular weight excluding hydrogens is 146 g/mol. The van der Waals surface area contributed by atoms with Crippen molar-refractivity contribution in [2.75, 3.05) is 0 Å². The predicted molar refractivity (Wildman–Crippen MR) is 49.7 cm³/mol. The van der Waals surface area contributed by atoms with Gasteiger partial charge in [0.1, 0.15) is 0 Å². The van der Waals surface area contributed by atoms with Crippen LogP contribution in [-0.4, -0.2) is 5.54 Å². The molecule has 0 heterocycles. The van der Waals surface area contributed by atoms with Crippen molar-refractivity contribution < 1.29 is 0 Å². The van der Waals surface area contributed by atoms with Gasteiger partial charge in [-0.1, -0.05) is 12.8 Å². The lowest BCUT2D eigenvalue weighted by Gasteiger charge is -2.45. The van der Waals surface area contributed by atoms with Crippen LogP contribution in [0.5, 0.6) is 0 Å². The zero-order valence-corrected chi connectivity index (χ0v) is 7.76. The van der Waals surface area contributed by atoms with Crippen LogP contribution in [0.1, 0.15) is 44.9 Å². The normalized spacial score (nSPS) is 57.2. The minimum Gasteiger partial charge on any atom is -0.325 e. The van der Waals surface area contributed by atoms with Gasteiger partial charge in [0.25, 0.3) is 0 Å². The van der Waals surface area contributed by atoms with Crippen molar-refractivity contribution in [3.8, 4) is 0 Å². The third kappa shape index (κ3) is 1.02. The van der Waals surface area contributed by atoms with E-state index in [1.54, 1.807) is 0 Å². The smallest absolute Gasteiger partial charge is 0.0162 e. The molecule has 68 valence electrons. The molecule has 12 heavy (non-hydrogen) atoms. The Morgan fingerprint density at radius 2 is 1.33 bits per heavy atom. The highest BCUT2D eigenvalue weighted by Crippen LogP contribution is 2.51. The Hall–Kier alpha value is -0.0400. The van der Waals surface area contributed by atoms with Crippen LogP contribution < -0.4 is 5.73 Å². The second-order valence-electron chi connectivity index (χ2n) is 5.62. The van der Waals surface area contributed by atoms with Gasteiger partial charge in [0.05, 0.1) is 0 Å². The summed E-state index contributed by atoms with van der Waals surface area (Å²) in [6, 6.07) is 0. The van der Waals surface area contributed by atoms with Crippen molar-refractivity contribution in [2.24, 2.45) is 23.5 Å². The molecule has 0 amide bonds. The number of hydrogen-bond acceptors (Lipinski definition) is 1. The van der Waals surface area contributed by atoms with Crippen LogP contribution in [-0.2, 0) is 0 Å². The van der Waals surface area contributed by atoms with Gasteiger partial charge in [-0.25, -0.2) is 0 Å². The average molecular weight is 165 g/mol. The Balaban J connectivity index is 1.95. The van der Waals surface area contributed by atoms with Crippen LogP contribution in [0.15, 0.2) is 0 Å². The van der Waals surface area contributed by atoms with Crippen LogP contribution >= 0.6 is 0 Å². The summed E-state index contributed by atoms with van der Waals surface area (Å²) >= 11 is 0. The number of nitrogens with two attached hydrogens (primary N) is 1. The highest BCUT2D eigenvalue weighted by molar-refractivity contribution is 5.02. The zero-order valence-electron chi connectivity index (χ0n) is 7.76. The summed E-state index contributed by atoms with van der Waals surface area (Å²) in [5.41, 5.74) is 6.71. The second kappa shape index (κ2) is 2.25. The predicted octanol–water partition coefficient (Wildman–Crippen LogP) is 2.30. The highest BCUT2D eigenvalue weighted by atomic mass is 14.8. The van der Waals surface area contributed by atoms with Crippen molar-refractivity contribution in [1.82, 2.24) is 0 Å². The number of fused-ring (bicyclic) bond motifs is 1. The van der Waals surface area contributed by atoms with Gasteiger partial charge in [0, 0.05) is 5.54 Å². The maximum absolute atomic E-state index is 6.42. The Morgan fingerprint density at radius 1 is 0.833 bits per heavy atom. The van der Waals surface area contributed by atoms with Crippen molar-refractivity contribution >= 4 is 0 Å². The largest absolute Gasteiger partial charge is 0.325 e. The Bertz CT molecular complexity index is 183. The molecule has 1 unspecified atom stereocenters. The molecule has 1 nitrogen and oxygen atoms in total. The SMILES string of the molecule is N[C@@]12CC3CC[C@H](C[C@@H](C3)C1)C2. The standard InChI is InChI=1S/C11H19N/c12-11-5-8-1-2-9(6-11)4-10(3-8)7-11/h8-10H,1-7,12H2/t8-,9?,10+,11+/m1/s1. The molecule has 1 heteroatoms. The first-order valence-corrected chi connectivity index (χ1v) is 5.52. The molecule has 4 aliphatic rings. The van der Waals surface area contributed by atoms with E-state index in [2.05, 4.69) is 0 Å². The fourth-order valence-electron chi connectivity index (χ4n) is 4.26.